The molecule has 3 aromatic heterocycles. The van der Waals surface area contributed by atoms with Gasteiger partial charge in [-0.1, -0.05) is 66.4 Å². The van der Waals surface area contributed by atoms with Crippen LogP contribution in [0, 0.1) is 0 Å². The number of thioether (sulfide) groups is 1. The first kappa shape index (κ1) is 21.4. The summed E-state index contributed by atoms with van der Waals surface area (Å²) in [6, 6.07) is 24.4. The van der Waals surface area contributed by atoms with E-state index in [2.05, 4.69) is 44.9 Å². The fourth-order valence-corrected chi connectivity index (χ4v) is 4.13. The Balaban J connectivity index is 1.27. The molecule has 2 aromatic carbocycles. The van der Waals surface area contributed by atoms with Gasteiger partial charge in [-0.2, -0.15) is 4.52 Å². The highest BCUT2D eigenvalue weighted by molar-refractivity contribution is 7.98. The lowest BCUT2D eigenvalue weighted by Gasteiger charge is -2.10. The lowest BCUT2D eigenvalue weighted by atomic mass is 10.1. The SMILES string of the molecule is CSc1nnc2c3ccccc3c(OCc3cccc(CNCCc4ccccc4)n3)nn12. The van der Waals surface area contributed by atoms with Crippen LogP contribution in [0.3, 0.4) is 0 Å². The Morgan fingerprint density at radius 3 is 2.52 bits per heavy atom. The van der Waals surface area contributed by atoms with Crippen molar-refractivity contribution in [1.82, 2.24) is 30.1 Å². The van der Waals surface area contributed by atoms with Gasteiger partial charge in [0.15, 0.2) is 5.65 Å². The maximum Gasteiger partial charge on any atom is 0.240 e. The normalized spacial score (nSPS) is 11.3. The summed E-state index contributed by atoms with van der Waals surface area (Å²) in [5.41, 5.74) is 3.90. The maximum atomic E-state index is 6.14. The van der Waals surface area contributed by atoms with Gasteiger partial charge in [0.2, 0.25) is 11.0 Å². The zero-order chi connectivity index (χ0) is 22.5. The summed E-state index contributed by atoms with van der Waals surface area (Å²) >= 11 is 1.50. The quantitative estimate of drug-likeness (QED) is 0.262. The van der Waals surface area contributed by atoms with E-state index in [1.165, 1.54) is 17.3 Å². The van der Waals surface area contributed by atoms with E-state index in [0.717, 1.165) is 45.9 Å². The van der Waals surface area contributed by atoms with Crippen LogP contribution in [0.5, 0.6) is 5.88 Å². The monoisotopic (exact) mass is 456 g/mol. The molecule has 33 heavy (non-hydrogen) atoms. The number of ether oxygens (including phenoxy) is 1. The molecule has 0 saturated heterocycles. The number of rotatable bonds is 9. The highest BCUT2D eigenvalue weighted by atomic mass is 32.2. The van der Waals surface area contributed by atoms with Crippen molar-refractivity contribution < 1.29 is 4.74 Å². The molecule has 0 amide bonds. The minimum Gasteiger partial charge on any atom is -0.470 e. The third-order valence-electron chi connectivity index (χ3n) is 5.34. The zero-order valence-corrected chi connectivity index (χ0v) is 19.1. The summed E-state index contributed by atoms with van der Waals surface area (Å²) < 4.78 is 7.88. The fourth-order valence-electron chi connectivity index (χ4n) is 3.71. The van der Waals surface area contributed by atoms with Gasteiger partial charge in [-0.25, -0.2) is 0 Å². The second-order valence-corrected chi connectivity index (χ2v) is 8.37. The number of hydrogen-bond acceptors (Lipinski definition) is 7. The van der Waals surface area contributed by atoms with Crippen molar-refractivity contribution >= 4 is 28.2 Å². The van der Waals surface area contributed by atoms with E-state index in [-0.39, 0.29) is 0 Å². The minimum absolute atomic E-state index is 0.330. The van der Waals surface area contributed by atoms with Crippen LogP contribution in [0.15, 0.2) is 78.0 Å². The summed E-state index contributed by atoms with van der Waals surface area (Å²) in [4.78, 5) is 4.75. The van der Waals surface area contributed by atoms with E-state index >= 15 is 0 Å². The molecular weight excluding hydrogens is 432 g/mol. The Hall–Kier alpha value is -3.49. The molecule has 0 unspecified atom stereocenters. The molecular formula is C25H24N6OS. The standard InChI is InChI=1S/C25H24N6OS/c1-33-25-29-28-23-21-12-5-6-13-22(21)24(30-31(23)25)32-17-20-11-7-10-19(27-20)16-26-15-14-18-8-3-2-4-9-18/h2-13,26H,14-17H2,1H3. The lowest BCUT2D eigenvalue weighted by Crippen LogP contribution is -2.18. The van der Waals surface area contributed by atoms with Gasteiger partial charge in [0.05, 0.1) is 11.4 Å². The molecule has 166 valence electrons. The first-order valence-electron chi connectivity index (χ1n) is 10.8. The van der Waals surface area contributed by atoms with E-state index in [1.54, 1.807) is 4.52 Å². The summed E-state index contributed by atoms with van der Waals surface area (Å²) in [5.74, 6) is 0.543. The van der Waals surface area contributed by atoms with Crippen LogP contribution in [-0.2, 0) is 19.6 Å². The van der Waals surface area contributed by atoms with Gasteiger partial charge >= 0.3 is 0 Å². The molecule has 0 atom stereocenters. The second kappa shape index (κ2) is 9.97. The molecule has 0 aliphatic rings. The molecule has 0 spiro atoms. The Bertz CT molecular complexity index is 1370. The summed E-state index contributed by atoms with van der Waals surface area (Å²) in [6.07, 6.45) is 2.95. The highest BCUT2D eigenvalue weighted by Crippen LogP contribution is 2.28. The van der Waals surface area contributed by atoms with E-state index in [4.69, 9.17) is 9.72 Å². The van der Waals surface area contributed by atoms with Crippen molar-refractivity contribution in [3.05, 3.63) is 89.7 Å². The Kier molecular flexibility index (Phi) is 6.46. The summed E-state index contributed by atoms with van der Waals surface area (Å²) in [6.45, 7) is 1.95. The molecule has 8 heteroatoms. The van der Waals surface area contributed by atoms with Gasteiger partial charge in [-0.15, -0.1) is 15.3 Å². The molecule has 0 aliphatic heterocycles. The third kappa shape index (κ3) is 4.81. The molecule has 1 N–H and O–H groups in total. The number of benzene rings is 2. The van der Waals surface area contributed by atoms with Gasteiger partial charge in [0.1, 0.15) is 6.61 Å². The largest absolute Gasteiger partial charge is 0.470 e. The third-order valence-corrected chi connectivity index (χ3v) is 5.96. The molecule has 5 aromatic rings. The lowest BCUT2D eigenvalue weighted by molar-refractivity contribution is 0.287. The Labute approximate surface area is 196 Å². The highest BCUT2D eigenvalue weighted by Gasteiger charge is 2.14. The van der Waals surface area contributed by atoms with Crippen molar-refractivity contribution in [2.24, 2.45) is 0 Å². The number of nitrogens with zero attached hydrogens (tertiary/aromatic N) is 5. The van der Waals surface area contributed by atoms with Crippen LogP contribution in [0.2, 0.25) is 0 Å². The summed E-state index contributed by atoms with van der Waals surface area (Å²) in [7, 11) is 0. The number of nitrogens with one attached hydrogen (secondary N) is 1. The van der Waals surface area contributed by atoms with Crippen molar-refractivity contribution in [3.63, 3.8) is 0 Å². The number of hydrogen-bond donors (Lipinski definition) is 1. The molecule has 0 radical (unpaired) electrons. The van der Waals surface area contributed by atoms with Crippen molar-refractivity contribution in [2.45, 2.75) is 24.7 Å². The molecule has 3 heterocycles. The Morgan fingerprint density at radius 2 is 1.67 bits per heavy atom. The first-order valence-corrected chi connectivity index (χ1v) is 12.0. The van der Waals surface area contributed by atoms with Crippen molar-refractivity contribution in [1.29, 1.82) is 0 Å². The number of fused-ring (bicyclic) bond motifs is 3. The molecule has 0 fully saturated rings. The van der Waals surface area contributed by atoms with Crippen LogP contribution in [-0.4, -0.2) is 37.6 Å². The summed E-state index contributed by atoms with van der Waals surface area (Å²) in [5, 5.41) is 19.3. The van der Waals surface area contributed by atoms with Crippen molar-refractivity contribution in [3.8, 4) is 5.88 Å². The van der Waals surface area contributed by atoms with Crippen LogP contribution >= 0.6 is 11.8 Å². The molecule has 0 aliphatic carbocycles. The molecule has 5 rings (SSSR count). The average molecular weight is 457 g/mol. The van der Waals surface area contributed by atoms with E-state index < -0.39 is 0 Å². The fraction of sp³-hybridized carbons (Fsp3) is 0.200. The predicted octanol–water partition coefficient (Wildman–Crippen LogP) is 4.31. The maximum absolute atomic E-state index is 6.14. The van der Waals surface area contributed by atoms with Crippen molar-refractivity contribution in [2.75, 3.05) is 12.8 Å². The number of pyridine rings is 1. The molecule has 7 nitrogen and oxygen atoms in total. The Morgan fingerprint density at radius 1 is 0.879 bits per heavy atom. The van der Waals surface area contributed by atoms with E-state index in [9.17, 15) is 0 Å². The van der Waals surface area contributed by atoms with Crippen LogP contribution < -0.4 is 10.1 Å². The van der Waals surface area contributed by atoms with Gasteiger partial charge in [0, 0.05) is 17.3 Å². The average Bonchev–Trinajstić information content (AvgIpc) is 3.29. The van der Waals surface area contributed by atoms with Gasteiger partial charge < -0.3 is 10.1 Å². The molecule has 0 saturated carbocycles. The van der Waals surface area contributed by atoms with E-state index in [1.807, 2.05) is 54.8 Å². The van der Waals surface area contributed by atoms with Crippen LogP contribution in [0.25, 0.3) is 16.4 Å². The van der Waals surface area contributed by atoms with Crippen LogP contribution in [0.4, 0.5) is 0 Å². The van der Waals surface area contributed by atoms with E-state index in [0.29, 0.717) is 19.0 Å². The van der Waals surface area contributed by atoms with Gasteiger partial charge in [0.25, 0.3) is 0 Å². The topological polar surface area (TPSA) is 77.2 Å². The number of aromatic nitrogens is 5. The van der Waals surface area contributed by atoms with Gasteiger partial charge in [-0.05, 0) is 43.0 Å². The minimum atomic E-state index is 0.330. The molecule has 0 bridgehead atoms. The first-order chi connectivity index (χ1) is 16.3. The second-order valence-electron chi connectivity index (χ2n) is 7.59. The predicted molar refractivity (Wildman–Crippen MR) is 130 cm³/mol. The zero-order valence-electron chi connectivity index (χ0n) is 18.3. The smallest absolute Gasteiger partial charge is 0.240 e. The van der Waals surface area contributed by atoms with Crippen LogP contribution in [0.1, 0.15) is 17.0 Å². The van der Waals surface area contributed by atoms with Gasteiger partial charge in [-0.3, -0.25) is 4.98 Å².